The molecule has 8 nitrogen and oxygen atoms in total. The van der Waals surface area contributed by atoms with Crippen LogP contribution in [0.25, 0.3) is 0 Å². The van der Waals surface area contributed by atoms with Crippen molar-refractivity contribution >= 4 is 27.5 Å². The second-order valence-corrected chi connectivity index (χ2v) is 11.1. The van der Waals surface area contributed by atoms with Gasteiger partial charge in [-0.1, -0.05) is 55.0 Å². The van der Waals surface area contributed by atoms with Gasteiger partial charge in [0.2, 0.25) is 11.8 Å². The van der Waals surface area contributed by atoms with Crippen LogP contribution < -0.4 is 14.4 Å². The van der Waals surface area contributed by atoms with Crippen LogP contribution >= 0.6 is 0 Å². The number of para-hydroxylation sites is 1. The Bertz CT molecular complexity index is 1340. The number of sulfonamides is 1. The summed E-state index contributed by atoms with van der Waals surface area (Å²) in [6.45, 7) is 8.03. The fourth-order valence-corrected chi connectivity index (χ4v) is 5.52. The average molecular weight is 552 g/mol. The maximum atomic E-state index is 13.9. The molecular formula is C30H37N3O5S. The molecule has 3 rings (SSSR count). The zero-order valence-electron chi connectivity index (χ0n) is 23.0. The van der Waals surface area contributed by atoms with E-state index in [0.29, 0.717) is 24.6 Å². The van der Waals surface area contributed by atoms with Crippen molar-refractivity contribution in [1.29, 1.82) is 0 Å². The van der Waals surface area contributed by atoms with Crippen molar-refractivity contribution in [1.82, 2.24) is 10.2 Å². The predicted molar refractivity (Wildman–Crippen MR) is 153 cm³/mol. The summed E-state index contributed by atoms with van der Waals surface area (Å²) in [7, 11) is -4.12. The van der Waals surface area contributed by atoms with Gasteiger partial charge in [0.1, 0.15) is 18.3 Å². The van der Waals surface area contributed by atoms with Gasteiger partial charge in [0.05, 0.1) is 17.2 Å². The van der Waals surface area contributed by atoms with E-state index < -0.39 is 28.5 Å². The van der Waals surface area contributed by atoms with Crippen molar-refractivity contribution in [2.45, 2.75) is 51.6 Å². The molecule has 0 radical (unpaired) electrons. The molecule has 0 spiro atoms. The summed E-state index contributed by atoms with van der Waals surface area (Å²) < 4.78 is 34.2. The van der Waals surface area contributed by atoms with E-state index in [1.165, 1.54) is 17.0 Å². The number of aryl methyl sites for hydroxylation is 1. The number of benzene rings is 3. The first kappa shape index (κ1) is 29.7. The summed E-state index contributed by atoms with van der Waals surface area (Å²) in [5.74, 6) is -0.234. The number of carbonyl (C=O) groups excluding carboxylic acids is 2. The normalized spacial score (nSPS) is 11.9. The summed E-state index contributed by atoms with van der Waals surface area (Å²) in [5.41, 5.74) is 2.21. The Kier molecular flexibility index (Phi) is 10.5. The third-order valence-electron chi connectivity index (χ3n) is 6.20. The minimum absolute atomic E-state index is 0.0292. The summed E-state index contributed by atoms with van der Waals surface area (Å²) >= 11 is 0. The Labute approximate surface area is 231 Å². The van der Waals surface area contributed by atoms with Crippen molar-refractivity contribution in [3.05, 3.63) is 90.0 Å². The van der Waals surface area contributed by atoms with E-state index in [4.69, 9.17) is 4.74 Å². The van der Waals surface area contributed by atoms with Gasteiger partial charge in [-0.25, -0.2) is 8.42 Å². The molecule has 1 atom stereocenters. The van der Waals surface area contributed by atoms with Crippen molar-refractivity contribution in [2.75, 3.05) is 24.0 Å². The van der Waals surface area contributed by atoms with Gasteiger partial charge in [0, 0.05) is 13.1 Å². The lowest BCUT2D eigenvalue weighted by molar-refractivity contribution is -0.139. The highest BCUT2D eigenvalue weighted by Crippen LogP contribution is 2.26. The van der Waals surface area contributed by atoms with Gasteiger partial charge in [-0.05, 0) is 69.2 Å². The average Bonchev–Trinajstić information content (AvgIpc) is 2.93. The monoisotopic (exact) mass is 551 g/mol. The third kappa shape index (κ3) is 7.83. The molecule has 39 heavy (non-hydrogen) atoms. The van der Waals surface area contributed by atoms with E-state index in [0.717, 1.165) is 21.9 Å². The number of hydrogen-bond acceptors (Lipinski definition) is 5. The van der Waals surface area contributed by atoms with Gasteiger partial charge in [0.15, 0.2) is 0 Å². The van der Waals surface area contributed by atoms with E-state index in [2.05, 4.69) is 5.32 Å². The second-order valence-electron chi connectivity index (χ2n) is 9.23. The first-order valence-corrected chi connectivity index (χ1v) is 14.5. The Morgan fingerprint density at radius 2 is 1.64 bits per heavy atom. The maximum absolute atomic E-state index is 13.9. The van der Waals surface area contributed by atoms with E-state index in [-0.39, 0.29) is 17.3 Å². The maximum Gasteiger partial charge on any atom is 0.264 e. The Hall–Kier alpha value is -3.85. The molecule has 9 heteroatoms. The summed E-state index contributed by atoms with van der Waals surface area (Å²) in [6.07, 6.45) is 0.756. The van der Waals surface area contributed by atoms with Crippen molar-refractivity contribution in [2.24, 2.45) is 0 Å². The molecule has 0 bridgehead atoms. The lowest BCUT2D eigenvalue weighted by atomic mass is 10.1. The molecular weight excluding hydrogens is 514 g/mol. The first-order chi connectivity index (χ1) is 18.7. The largest absolute Gasteiger partial charge is 0.494 e. The molecule has 0 fully saturated rings. The number of nitrogens with one attached hydrogen (secondary N) is 1. The van der Waals surface area contributed by atoms with Crippen LogP contribution in [0.5, 0.6) is 5.75 Å². The SMILES string of the molecule is CCCNC(=O)[C@H](C)N(Cc1cccc(C)c1)C(=O)CN(c1ccccc1)S(=O)(=O)c1ccc(OCC)cc1. The van der Waals surface area contributed by atoms with E-state index >= 15 is 0 Å². The highest BCUT2D eigenvalue weighted by molar-refractivity contribution is 7.92. The number of amides is 2. The molecule has 0 unspecified atom stereocenters. The van der Waals surface area contributed by atoms with Gasteiger partial charge in [0.25, 0.3) is 10.0 Å². The molecule has 0 aromatic heterocycles. The molecule has 3 aromatic carbocycles. The van der Waals surface area contributed by atoms with Crippen LogP contribution in [0.2, 0.25) is 0 Å². The molecule has 0 aliphatic heterocycles. The smallest absolute Gasteiger partial charge is 0.264 e. The second kappa shape index (κ2) is 13.8. The number of hydrogen-bond donors (Lipinski definition) is 1. The van der Waals surface area contributed by atoms with Crippen molar-refractivity contribution in [3.63, 3.8) is 0 Å². The highest BCUT2D eigenvalue weighted by atomic mass is 32.2. The zero-order valence-corrected chi connectivity index (χ0v) is 23.8. The van der Waals surface area contributed by atoms with Crippen LogP contribution in [0.15, 0.2) is 83.8 Å². The molecule has 3 aromatic rings. The van der Waals surface area contributed by atoms with Gasteiger partial charge in [-0.3, -0.25) is 13.9 Å². The molecule has 1 N–H and O–H groups in total. The van der Waals surface area contributed by atoms with Crippen LogP contribution in [0.4, 0.5) is 5.69 Å². The van der Waals surface area contributed by atoms with Crippen LogP contribution in [0, 0.1) is 6.92 Å². The van der Waals surface area contributed by atoms with Crippen molar-refractivity contribution in [3.8, 4) is 5.75 Å². The number of carbonyl (C=O) groups is 2. The minimum atomic E-state index is -4.12. The summed E-state index contributed by atoms with van der Waals surface area (Å²) in [6, 6.07) is 21.5. The third-order valence-corrected chi connectivity index (χ3v) is 7.99. The molecule has 0 saturated heterocycles. The zero-order chi connectivity index (χ0) is 28.4. The molecule has 208 valence electrons. The molecule has 2 amide bonds. The van der Waals surface area contributed by atoms with Gasteiger partial charge < -0.3 is 15.0 Å². The lowest BCUT2D eigenvalue weighted by Gasteiger charge is -2.32. The standard InChI is InChI=1S/C30H37N3O5S/c1-5-19-31-30(35)24(4)32(21-25-12-10-11-23(3)20-25)29(34)22-33(26-13-8-7-9-14-26)39(36,37)28-17-15-27(16-18-28)38-6-2/h7-18,20,24H,5-6,19,21-22H2,1-4H3,(H,31,35)/t24-/m0/s1. The van der Waals surface area contributed by atoms with Crippen LogP contribution in [-0.2, 0) is 26.2 Å². The molecule has 0 saturated carbocycles. The van der Waals surface area contributed by atoms with Crippen LogP contribution in [0.1, 0.15) is 38.3 Å². The first-order valence-electron chi connectivity index (χ1n) is 13.1. The Morgan fingerprint density at radius 3 is 2.26 bits per heavy atom. The topological polar surface area (TPSA) is 96.0 Å². The van der Waals surface area contributed by atoms with E-state index in [9.17, 15) is 18.0 Å². The number of anilines is 1. The number of nitrogens with zero attached hydrogens (tertiary/aromatic N) is 2. The van der Waals surface area contributed by atoms with Gasteiger partial charge in [-0.2, -0.15) is 0 Å². The number of rotatable bonds is 13. The number of ether oxygens (including phenoxy) is 1. The molecule has 0 aliphatic carbocycles. The quantitative estimate of drug-likeness (QED) is 0.337. The Morgan fingerprint density at radius 1 is 0.949 bits per heavy atom. The van der Waals surface area contributed by atoms with Crippen molar-refractivity contribution < 1.29 is 22.7 Å². The summed E-state index contributed by atoms with van der Waals surface area (Å²) in [4.78, 5) is 28.3. The van der Waals surface area contributed by atoms with Gasteiger partial charge in [-0.15, -0.1) is 0 Å². The summed E-state index contributed by atoms with van der Waals surface area (Å²) in [5, 5.41) is 2.84. The predicted octanol–water partition coefficient (Wildman–Crippen LogP) is 4.53. The fraction of sp³-hybridized carbons (Fsp3) is 0.333. The molecule has 0 aliphatic rings. The fourth-order valence-electron chi connectivity index (χ4n) is 4.11. The molecule has 0 heterocycles. The minimum Gasteiger partial charge on any atom is -0.494 e. The van der Waals surface area contributed by atoms with E-state index in [1.54, 1.807) is 49.4 Å². The van der Waals surface area contributed by atoms with Crippen LogP contribution in [0.3, 0.4) is 0 Å². The Balaban J connectivity index is 1.98. The highest BCUT2D eigenvalue weighted by Gasteiger charge is 2.32. The lowest BCUT2D eigenvalue weighted by Crippen LogP contribution is -2.51. The van der Waals surface area contributed by atoms with E-state index in [1.807, 2.05) is 45.0 Å². The van der Waals surface area contributed by atoms with Crippen LogP contribution in [-0.4, -0.2) is 50.9 Å². The van der Waals surface area contributed by atoms with Gasteiger partial charge >= 0.3 is 0 Å².